The number of benzene rings is 1. The van der Waals surface area contributed by atoms with Gasteiger partial charge in [-0.15, -0.1) is 0 Å². The molecule has 0 spiro atoms. The van der Waals surface area contributed by atoms with Gasteiger partial charge in [-0.25, -0.2) is 12.7 Å². The Morgan fingerprint density at radius 2 is 2.10 bits per heavy atom. The molecule has 0 bridgehead atoms. The third-order valence-corrected chi connectivity index (χ3v) is 5.57. The van der Waals surface area contributed by atoms with Gasteiger partial charge in [-0.05, 0) is 37.0 Å². The molecule has 1 aromatic rings. The summed E-state index contributed by atoms with van der Waals surface area (Å²) in [5.74, 6) is 0.218. The Balaban J connectivity index is 2.06. The van der Waals surface area contributed by atoms with E-state index in [-0.39, 0.29) is 17.7 Å². The lowest BCUT2D eigenvalue weighted by molar-refractivity contribution is 0.428. The number of sulfonamides is 1. The number of nitrogens with zero attached hydrogens (tertiary/aromatic N) is 2. The molecular formula is C14H19N3O2S. The maximum atomic E-state index is 12.3. The first-order valence-electron chi connectivity index (χ1n) is 6.65. The van der Waals surface area contributed by atoms with Crippen LogP contribution in [0.2, 0.25) is 0 Å². The van der Waals surface area contributed by atoms with Gasteiger partial charge in [-0.3, -0.25) is 0 Å². The van der Waals surface area contributed by atoms with Crippen molar-refractivity contribution in [2.24, 2.45) is 11.7 Å². The SMILES string of the molecule is CC(N)C1CCN(S(=O)(=O)Cc2ccc(C#N)cc2)C1. The molecule has 20 heavy (non-hydrogen) atoms. The molecule has 1 saturated heterocycles. The molecule has 0 amide bonds. The molecule has 6 heteroatoms. The second-order valence-electron chi connectivity index (χ2n) is 5.33. The van der Waals surface area contributed by atoms with Crippen LogP contribution in [-0.4, -0.2) is 31.9 Å². The van der Waals surface area contributed by atoms with Crippen LogP contribution in [0.1, 0.15) is 24.5 Å². The van der Waals surface area contributed by atoms with Gasteiger partial charge in [0.15, 0.2) is 0 Å². The summed E-state index contributed by atoms with van der Waals surface area (Å²) in [7, 11) is -3.30. The first kappa shape index (κ1) is 15.0. The van der Waals surface area contributed by atoms with Crippen LogP contribution in [0.15, 0.2) is 24.3 Å². The van der Waals surface area contributed by atoms with Gasteiger partial charge in [-0.1, -0.05) is 12.1 Å². The van der Waals surface area contributed by atoms with Gasteiger partial charge >= 0.3 is 0 Å². The Hall–Kier alpha value is -1.42. The Labute approximate surface area is 120 Å². The minimum absolute atomic E-state index is 0.0186. The lowest BCUT2D eigenvalue weighted by Gasteiger charge is -2.18. The minimum atomic E-state index is -3.30. The summed E-state index contributed by atoms with van der Waals surface area (Å²) < 4.78 is 26.2. The fraction of sp³-hybridized carbons (Fsp3) is 0.500. The fourth-order valence-electron chi connectivity index (χ4n) is 2.41. The van der Waals surface area contributed by atoms with Crippen LogP contribution in [0, 0.1) is 17.2 Å². The van der Waals surface area contributed by atoms with Crippen LogP contribution in [0.3, 0.4) is 0 Å². The summed E-state index contributed by atoms with van der Waals surface area (Å²) in [6.45, 7) is 2.97. The molecule has 1 aliphatic heterocycles. The number of nitriles is 1. The maximum Gasteiger partial charge on any atom is 0.218 e. The van der Waals surface area contributed by atoms with Gasteiger partial charge in [0.25, 0.3) is 0 Å². The summed E-state index contributed by atoms with van der Waals surface area (Å²) in [4.78, 5) is 0. The highest BCUT2D eigenvalue weighted by atomic mass is 32.2. The van der Waals surface area contributed by atoms with Gasteiger partial charge in [0.2, 0.25) is 10.0 Å². The van der Waals surface area contributed by atoms with E-state index < -0.39 is 10.0 Å². The molecule has 2 unspecified atom stereocenters. The van der Waals surface area contributed by atoms with Crippen molar-refractivity contribution in [1.29, 1.82) is 5.26 Å². The van der Waals surface area contributed by atoms with Crippen molar-refractivity contribution in [2.45, 2.75) is 25.1 Å². The van der Waals surface area contributed by atoms with Crippen molar-refractivity contribution in [3.05, 3.63) is 35.4 Å². The average molecular weight is 293 g/mol. The zero-order valence-corrected chi connectivity index (χ0v) is 12.3. The molecule has 0 radical (unpaired) electrons. The van der Waals surface area contributed by atoms with Crippen LogP contribution >= 0.6 is 0 Å². The topological polar surface area (TPSA) is 87.2 Å². The number of hydrogen-bond donors (Lipinski definition) is 1. The van der Waals surface area contributed by atoms with E-state index >= 15 is 0 Å². The second-order valence-corrected chi connectivity index (χ2v) is 7.30. The molecule has 1 aromatic carbocycles. The molecule has 1 fully saturated rings. The van der Waals surface area contributed by atoms with Crippen molar-refractivity contribution < 1.29 is 8.42 Å². The van der Waals surface area contributed by atoms with Gasteiger partial charge in [0.1, 0.15) is 0 Å². The number of rotatable bonds is 4. The molecule has 1 heterocycles. The monoisotopic (exact) mass is 293 g/mol. The Bertz CT molecular complexity index is 602. The lowest BCUT2D eigenvalue weighted by atomic mass is 10.0. The van der Waals surface area contributed by atoms with Gasteiger partial charge < -0.3 is 5.73 Å². The predicted molar refractivity (Wildman–Crippen MR) is 77.1 cm³/mol. The summed E-state index contributed by atoms with van der Waals surface area (Å²) in [5.41, 5.74) is 7.07. The Morgan fingerprint density at radius 1 is 1.45 bits per heavy atom. The van der Waals surface area contributed by atoms with Crippen molar-refractivity contribution in [2.75, 3.05) is 13.1 Å². The van der Waals surface area contributed by atoms with Crippen molar-refractivity contribution in [3.8, 4) is 6.07 Å². The standard InChI is InChI=1S/C14H19N3O2S/c1-11(16)14-6-7-17(9-14)20(18,19)10-13-4-2-12(8-15)3-5-13/h2-5,11,14H,6-7,9-10,16H2,1H3. The van der Waals surface area contributed by atoms with E-state index in [1.165, 1.54) is 4.31 Å². The van der Waals surface area contributed by atoms with Crippen LogP contribution < -0.4 is 5.73 Å². The fourth-order valence-corrected chi connectivity index (χ4v) is 4.01. The van der Waals surface area contributed by atoms with Gasteiger partial charge in [-0.2, -0.15) is 5.26 Å². The minimum Gasteiger partial charge on any atom is -0.328 e. The van der Waals surface area contributed by atoms with Crippen molar-refractivity contribution >= 4 is 10.0 Å². The molecular weight excluding hydrogens is 274 g/mol. The number of nitrogens with two attached hydrogens (primary N) is 1. The van der Waals surface area contributed by atoms with E-state index in [9.17, 15) is 8.42 Å². The van der Waals surface area contributed by atoms with E-state index in [1.807, 2.05) is 13.0 Å². The van der Waals surface area contributed by atoms with Crippen molar-refractivity contribution in [1.82, 2.24) is 4.31 Å². The quantitative estimate of drug-likeness (QED) is 0.899. The van der Waals surface area contributed by atoms with Crippen LogP contribution in [0.25, 0.3) is 0 Å². The second kappa shape index (κ2) is 5.92. The molecule has 2 atom stereocenters. The number of hydrogen-bond acceptors (Lipinski definition) is 4. The van der Waals surface area contributed by atoms with E-state index in [0.29, 0.717) is 24.2 Å². The molecule has 0 aliphatic carbocycles. The Kier molecular flexibility index (Phi) is 4.43. The first-order chi connectivity index (χ1) is 9.42. The molecule has 5 nitrogen and oxygen atoms in total. The first-order valence-corrected chi connectivity index (χ1v) is 8.26. The molecule has 1 aliphatic rings. The largest absolute Gasteiger partial charge is 0.328 e. The molecule has 0 aromatic heterocycles. The smallest absolute Gasteiger partial charge is 0.218 e. The third-order valence-electron chi connectivity index (χ3n) is 3.76. The van der Waals surface area contributed by atoms with Gasteiger partial charge in [0, 0.05) is 19.1 Å². The average Bonchev–Trinajstić information content (AvgIpc) is 2.90. The van der Waals surface area contributed by atoms with Crippen LogP contribution in [-0.2, 0) is 15.8 Å². The van der Waals surface area contributed by atoms with E-state index in [4.69, 9.17) is 11.0 Å². The zero-order valence-electron chi connectivity index (χ0n) is 11.5. The summed E-state index contributed by atoms with van der Waals surface area (Å²) in [5, 5.41) is 8.73. The Morgan fingerprint density at radius 3 is 2.60 bits per heavy atom. The summed E-state index contributed by atoms with van der Waals surface area (Å²) in [6.07, 6.45) is 0.824. The zero-order chi connectivity index (χ0) is 14.8. The molecule has 2 N–H and O–H groups in total. The highest BCUT2D eigenvalue weighted by molar-refractivity contribution is 7.88. The molecule has 108 valence electrons. The van der Waals surface area contributed by atoms with E-state index in [2.05, 4.69) is 0 Å². The van der Waals surface area contributed by atoms with E-state index in [1.54, 1.807) is 24.3 Å². The molecule has 2 rings (SSSR count). The van der Waals surface area contributed by atoms with Crippen LogP contribution in [0.5, 0.6) is 0 Å². The molecule has 0 saturated carbocycles. The summed E-state index contributed by atoms with van der Waals surface area (Å²) >= 11 is 0. The third kappa shape index (κ3) is 3.37. The highest BCUT2D eigenvalue weighted by Gasteiger charge is 2.32. The lowest BCUT2D eigenvalue weighted by Crippen LogP contribution is -2.33. The van der Waals surface area contributed by atoms with Crippen LogP contribution in [0.4, 0.5) is 0 Å². The summed E-state index contributed by atoms with van der Waals surface area (Å²) in [6, 6.07) is 8.69. The normalized spacial score (nSPS) is 21.6. The highest BCUT2D eigenvalue weighted by Crippen LogP contribution is 2.23. The van der Waals surface area contributed by atoms with Crippen molar-refractivity contribution in [3.63, 3.8) is 0 Å². The maximum absolute atomic E-state index is 12.3. The van der Waals surface area contributed by atoms with E-state index in [0.717, 1.165) is 6.42 Å². The van der Waals surface area contributed by atoms with Gasteiger partial charge in [0.05, 0.1) is 17.4 Å². The predicted octanol–water partition coefficient (Wildman–Crippen LogP) is 1.06.